The van der Waals surface area contributed by atoms with Crippen LogP contribution in [-0.2, 0) is 14.8 Å². The number of aliphatic imine (C=N–C) groups is 1. The van der Waals surface area contributed by atoms with Gasteiger partial charge in [-0.15, -0.1) is 0 Å². The Morgan fingerprint density at radius 2 is 2.10 bits per heavy atom. The van der Waals surface area contributed by atoms with E-state index in [1.807, 2.05) is 6.92 Å². The normalized spacial score (nSPS) is 37.9. The Morgan fingerprint density at radius 3 is 2.65 bits per heavy atom. The highest BCUT2D eigenvalue weighted by Crippen LogP contribution is 2.50. The summed E-state index contributed by atoms with van der Waals surface area (Å²) in [4.78, 5) is 18.8. The first kappa shape index (κ1) is 14.0. The number of hydrogen-bond acceptors (Lipinski definition) is 4. The number of rotatable bonds is 2. The van der Waals surface area contributed by atoms with E-state index in [1.54, 1.807) is 23.2 Å². The third kappa shape index (κ3) is 1.69. The molecule has 1 aliphatic carbocycles. The Labute approximate surface area is 119 Å². The van der Waals surface area contributed by atoms with E-state index in [1.165, 1.54) is 0 Å². The summed E-state index contributed by atoms with van der Waals surface area (Å²) < 4.78 is 25.6. The van der Waals surface area contributed by atoms with E-state index < -0.39 is 15.6 Å². The average Bonchev–Trinajstić information content (AvgIpc) is 3.03. The second-order valence-electron chi connectivity index (χ2n) is 6.07. The average molecular weight is 299 g/mol. The molecule has 1 saturated carbocycles. The van der Waals surface area contributed by atoms with Gasteiger partial charge in [-0.05, 0) is 32.6 Å². The smallest absolute Gasteiger partial charge is 0.255 e. The molecule has 2 fully saturated rings. The predicted molar refractivity (Wildman–Crippen MR) is 75.9 cm³/mol. The van der Waals surface area contributed by atoms with Crippen molar-refractivity contribution in [1.29, 1.82) is 0 Å². The Morgan fingerprint density at radius 1 is 1.40 bits per heavy atom. The van der Waals surface area contributed by atoms with E-state index in [2.05, 4.69) is 4.99 Å². The van der Waals surface area contributed by atoms with Crippen LogP contribution in [0.3, 0.4) is 0 Å². The quantitative estimate of drug-likeness (QED) is 0.736. The lowest BCUT2D eigenvalue weighted by molar-refractivity contribution is -0.131. The van der Waals surface area contributed by atoms with Gasteiger partial charge in [0.05, 0.1) is 5.75 Å². The monoisotopic (exact) mass is 299 g/mol. The van der Waals surface area contributed by atoms with Gasteiger partial charge < -0.3 is 4.90 Å². The van der Waals surface area contributed by atoms with Gasteiger partial charge in [-0.3, -0.25) is 9.79 Å². The lowest BCUT2D eigenvalue weighted by atomic mass is 9.85. The van der Waals surface area contributed by atoms with Gasteiger partial charge in [0.1, 0.15) is 11.4 Å². The molecule has 1 amide bonds. The molecule has 0 bridgehead atoms. The highest BCUT2D eigenvalue weighted by molar-refractivity contribution is 7.89. The fourth-order valence-electron chi connectivity index (χ4n) is 3.92. The maximum Gasteiger partial charge on any atom is 0.255 e. The number of nitrogens with zero attached hydrogens (tertiary/aromatic N) is 3. The van der Waals surface area contributed by atoms with Gasteiger partial charge in [0.2, 0.25) is 10.0 Å². The molecule has 112 valence electrons. The largest absolute Gasteiger partial charge is 0.302 e. The Bertz CT molecular complexity index is 586. The summed E-state index contributed by atoms with van der Waals surface area (Å²) in [5.74, 6) is 1.21. The van der Waals surface area contributed by atoms with Crippen molar-refractivity contribution in [2.24, 2.45) is 16.8 Å². The van der Waals surface area contributed by atoms with Crippen LogP contribution in [0.4, 0.5) is 0 Å². The van der Waals surface area contributed by atoms with E-state index in [0.29, 0.717) is 13.1 Å². The second-order valence-corrected chi connectivity index (χ2v) is 8.33. The van der Waals surface area contributed by atoms with Crippen molar-refractivity contribution >= 4 is 21.8 Å². The van der Waals surface area contributed by atoms with Gasteiger partial charge in [0, 0.05) is 26.1 Å². The standard InChI is InChI=1S/C13H21N3O3S/c1-4-20(18,19)16-7-10-5-6-13(11(10)8-16)12(17)15(3)9(2)14-13/h10-11H,4-8H2,1-3H3/t10-,11+,13-/m1/s1. The molecule has 1 spiro atoms. The second kappa shape index (κ2) is 4.27. The molecule has 0 N–H and O–H groups in total. The van der Waals surface area contributed by atoms with Gasteiger partial charge in [0.25, 0.3) is 5.91 Å². The molecule has 20 heavy (non-hydrogen) atoms. The van der Waals surface area contributed by atoms with Crippen molar-refractivity contribution in [1.82, 2.24) is 9.21 Å². The van der Waals surface area contributed by atoms with E-state index in [-0.39, 0.29) is 23.5 Å². The van der Waals surface area contributed by atoms with E-state index in [9.17, 15) is 13.2 Å². The summed E-state index contributed by atoms with van der Waals surface area (Å²) in [5, 5.41) is 0. The van der Waals surface area contributed by atoms with Gasteiger partial charge in [-0.2, -0.15) is 0 Å². The van der Waals surface area contributed by atoms with Crippen LogP contribution >= 0.6 is 0 Å². The zero-order valence-electron chi connectivity index (χ0n) is 12.2. The van der Waals surface area contributed by atoms with Gasteiger partial charge >= 0.3 is 0 Å². The van der Waals surface area contributed by atoms with Crippen molar-refractivity contribution in [3.8, 4) is 0 Å². The molecule has 7 heteroatoms. The van der Waals surface area contributed by atoms with E-state index >= 15 is 0 Å². The van der Waals surface area contributed by atoms with Crippen LogP contribution in [0.25, 0.3) is 0 Å². The van der Waals surface area contributed by atoms with Crippen LogP contribution in [0.5, 0.6) is 0 Å². The van der Waals surface area contributed by atoms with Crippen molar-refractivity contribution in [2.45, 2.75) is 32.2 Å². The van der Waals surface area contributed by atoms with Crippen molar-refractivity contribution < 1.29 is 13.2 Å². The van der Waals surface area contributed by atoms with Crippen LogP contribution < -0.4 is 0 Å². The van der Waals surface area contributed by atoms with Crippen LogP contribution in [0, 0.1) is 11.8 Å². The van der Waals surface area contributed by atoms with Crippen LogP contribution in [-0.4, -0.2) is 60.8 Å². The summed E-state index contributed by atoms with van der Waals surface area (Å²) in [6.07, 6.45) is 1.64. The van der Waals surface area contributed by atoms with Crippen molar-refractivity contribution in [3.05, 3.63) is 0 Å². The Hall–Kier alpha value is -0.950. The number of carbonyl (C=O) groups excluding carboxylic acids is 1. The number of likely N-dealkylation sites (N-methyl/N-ethyl adjacent to an activating group) is 1. The molecule has 6 nitrogen and oxygen atoms in total. The zero-order valence-corrected chi connectivity index (χ0v) is 13.0. The van der Waals surface area contributed by atoms with Crippen molar-refractivity contribution in [2.75, 3.05) is 25.9 Å². The number of amidine groups is 1. The Kier molecular flexibility index (Phi) is 2.99. The first-order valence-corrected chi connectivity index (χ1v) is 8.75. The van der Waals surface area contributed by atoms with E-state index in [0.717, 1.165) is 18.7 Å². The maximum absolute atomic E-state index is 12.6. The molecular formula is C13H21N3O3S. The molecular weight excluding hydrogens is 278 g/mol. The topological polar surface area (TPSA) is 70.1 Å². The van der Waals surface area contributed by atoms with Gasteiger partial charge in [-0.25, -0.2) is 12.7 Å². The van der Waals surface area contributed by atoms with Gasteiger partial charge in [-0.1, -0.05) is 0 Å². The minimum Gasteiger partial charge on any atom is -0.302 e. The SMILES string of the molecule is CCS(=O)(=O)N1C[C@H]2CC[C@@]3(N=C(C)N(C)C3=O)[C@H]2C1. The third-order valence-corrected chi connectivity index (χ3v) is 7.01. The molecule has 1 saturated heterocycles. The summed E-state index contributed by atoms with van der Waals surface area (Å²) in [6, 6.07) is 0. The zero-order chi connectivity index (χ0) is 14.7. The van der Waals surface area contributed by atoms with Gasteiger partial charge in [0.15, 0.2) is 0 Å². The maximum atomic E-state index is 12.6. The number of amides is 1. The van der Waals surface area contributed by atoms with E-state index in [4.69, 9.17) is 0 Å². The molecule has 0 radical (unpaired) electrons. The summed E-state index contributed by atoms with van der Waals surface area (Å²) in [7, 11) is -1.42. The minimum absolute atomic E-state index is 0.0382. The summed E-state index contributed by atoms with van der Waals surface area (Å²) in [5.41, 5.74) is -0.693. The molecule has 3 atom stereocenters. The summed E-state index contributed by atoms with van der Waals surface area (Å²) in [6.45, 7) is 4.50. The molecule has 0 aromatic carbocycles. The van der Waals surface area contributed by atoms with Crippen molar-refractivity contribution in [3.63, 3.8) is 0 Å². The third-order valence-electron chi connectivity index (χ3n) is 5.20. The predicted octanol–water partition coefficient (Wildman–Crippen LogP) is 0.307. The first-order chi connectivity index (χ1) is 9.32. The molecule has 2 aliphatic heterocycles. The number of carbonyl (C=O) groups is 1. The molecule has 0 aromatic rings. The first-order valence-electron chi connectivity index (χ1n) is 7.14. The minimum atomic E-state index is -3.17. The summed E-state index contributed by atoms with van der Waals surface area (Å²) >= 11 is 0. The highest BCUT2D eigenvalue weighted by Gasteiger charge is 2.61. The van der Waals surface area contributed by atoms with Crippen LogP contribution in [0.15, 0.2) is 4.99 Å². The van der Waals surface area contributed by atoms with Crippen LogP contribution in [0.1, 0.15) is 26.7 Å². The number of fused-ring (bicyclic) bond motifs is 2. The number of sulfonamides is 1. The fourth-order valence-corrected chi connectivity index (χ4v) is 5.09. The molecule has 0 unspecified atom stereocenters. The lowest BCUT2D eigenvalue weighted by Gasteiger charge is -2.26. The molecule has 3 rings (SSSR count). The molecule has 3 aliphatic rings. The Balaban J connectivity index is 1.92. The number of hydrogen-bond donors (Lipinski definition) is 0. The highest BCUT2D eigenvalue weighted by atomic mass is 32.2. The molecule has 0 aromatic heterocycles. The van der Waals surface area contributed by atoms with Crippen LogP contribution in [0.2, 0.25) is 0 Å². The lowest BCUT2D eigenvalue weighted by Crippen LogP contribution is -2.45. The fraction of sp³-hybridized carbons (Fsp3) is 0.846. The molecule has 2 heterocycles.